The maximum absolute atomic E-state index is 12.5. The molecule has 1 N–H and O–H groups in total. The van der Waals surface area contributed by atoms with E-state index in [1.165, 1.54) is 16.0 Å². The Morgan fingerprint density at radius 1 is 1.12 bits per heavy atom. The molecule has 0 aromatic heterocycles. The van der Waals surface area contributed by atoms with Crippen LogP contribution in [-0.4, -0.2) is 41.9 Å². The van der Waals surface area contributed by atoms with Gasteiger partial charge >= 0.3 is 6.03 Å². The molecule has 0 saturated heterocycles. The Bertz CT molecular complexity index is 792. The average Bonchev–Trinajstić information content (AvgIpc) is 2.67. The first-order valence-electron chi connectivity index (χ1n) is 8.65. The molecule has 1 heterocycles. The molecule has 0 saturated carbocycles. The number of nitrogens with zero attached hydrogens (tertiary/aromatic N) is 2. The van der Waals surface area contributed by atoms with Crippen LogP contribution in [0.5, 0.6) is 0 Å². The third-order valence-corrected chi connectivity index (χ3v) is 5.12. The number of nitrogens with one attached hydrogen (secondary N) is 1. The summed E-state index contributed by atoms with van der Waals surface area (Å²) in [6.45, 7) is 1.79. The summed E-state index contributed by atoms with van der Waals surface area (Å²) in [7, 11) is 1.70. The van der Waals surface area contributed by atoms with Crippen molar-refractivity contribution in [2.24, 2.45) is 0 Å². The Kier molecular flexibility index (Phi) is 5.93. The average molecular weight is 416 g/mol. The number of hydrogen-bond donors (Lipinski definition) is 1. The minimum absolute atomic E-state index is 0.0859. The van der Waals surface area contributed by atoms with E-state index in [1.807, 2.05) is 41.3 Å². The highest BCUT2D eigenvalue weighted by Gasteiger charge is 2.21. The minimum atomic E-state index is -0.218. The molecule has 0 unspecified atom stereocenters. The second-order valence-electron chi connectivity index (χ2n) is 6.44. The van der Waals surface area contributed by atoms with Gasteiger partial charge in [-0.05, 0) is 41.8 Å². The van der Waals surface area contributed by atoms with E-state index in [0.717, 1.165) is 23.1 Å². The summed E-state index contributed by atoms with van der Waals surface area (Å²) in [5.74, 6) is 0.0859. The lowest BCUT2D eigenvalue weighted by molar-refractivity contribution is -0.132. The second kappa shape index (κ2) is 8.36. The Labute approximate surface area is 162 Å². The molecular weight excluding hydrogens is 394 g/mol. The number of urea groups is 1. The summed E-state index contributed by atoms with van der Waals surface area (Å²) in [6, 6.07) is 15.4. The maximum Gasteiger partial charge on any atom is 0.321 e. The van der Waals surface area contributed by atoms with E-state index in [9.17, 15) is 9.59 Å². The van der Waals surface area contributed by atoms with Crippen LogP contribution >= 0.6 is 15.9 Å². The highest BCUT2D eigenvalue weighted by atomic mass is 79.9. The first kappa shape index (κ1) is 18.5. The third-order valence-electron chi connectivity index (χ3n) is 4.59. The zero-order valence-corrected chi connectivity index (χ0v) is 16.3. The summed E-state index contributed by atoms with van der Waals surface area (Å²) in [5, 5.41) is 2.83. The first-order chi connectivity index (χ1) is 12.5. The van der Waals surface area contributed by atoms with Gasteiger partial charge < -0.3 is 15.1 Å². The maximum atomic E-state index is 12.5. The Morgan fingerprint density at radius 2 is 1.81 bits per heavy atom. The molecule has 1 aliphatic heterocycles. The van der Waals surface area contributed by atoms with Crippen molar-refractivity contribution >= 4 is 33.6 Å². The summed E-state index contributed by atoms with van der Waals surface area (Å²) in [4.78, 5) is 28.1. The van der Waals surface area contributed by atoms with Crippen LogP contribution in [0.4, 0.5) is 10.5 Å². The molecule has 3 amide bonds. The fraction of sp³-hybridized carbons (Fsp3) is 0.300. The molecular formula is C20H22BrN3O2. The smallest absolute Gasteiger partial charge is 0.321 e. The molecule has 3 rings (SSSR count). The molecule has 0 radical (unpaired) electrons. The zero-order chi connectivity index (χ0) is 18.5. The molecule has 2 aromatic carbocycles. The minimum Gasteiger partial charge on any atom is -0.338 e. The second-order valence-corrected chi connectivity index (χ2v) is 7.36. The van der Waals surface area contributed by atoms with Gasteiger partial charge in [-0.15, -0.1) is 0 Å². The molecule has 0 bridgehead atoms. The van der Waals surface area contributed by atoms with Crippen molar-refractivity contribution in [2.75, 3.05) is 25.5 Å². The van der Waals surface area contributed by atoms with Crippen molar-refractivity contribution in [2.45, 2.75) is 19.4 Å². The molecule has 0 fully saturated rings. The number of rotatable bonds is 4. The van der Waals surface area contributed by atoms with E-state index in [0.29, 0.717) is 19.5 Å². The fourth-order valence-corrected chi connectivity index (χ4v) is 3.25. The van der Waals surface area contributed by atoms with Crippen LogP contribution < -0.4 is 5.32 Å². The van der Waals surface area contributed by atoms with Gasteiger partial charge in [0.05, 0.1) is 0 Å². The third kappa shape index (κ3) is 4.64. The van der Waals surface area contributed by atoms with E-state index >= 15 is 0 Å². The van der Waals surface area contributed by atoms with Crippen LogP contribution in [0.15, 0.2) is 53.0 Å². The Balaban J connectivity index is 1.48. The number of carbonyl (C=O) groups excluding carboxylic acids is 2. The number of carbonyl (C=O) groups is 2. The lowest BCUT2D eigenvalue weighted by Crippen LogP contribution is -2.39. The molecule has 136 valence electrons. The summed E-state index contributed by atoms with van der Waals surface area (Å²) in [6.07, 6.45) is 1.22. The van der Waals surface area contributed by atoms with Crippen molar-refractivity contribution < 1.29 is 9.59 Å². The molecule has 2 aromatic rings. The normalized spacial score (nSPS) is 13.1. The van der Waals surface area contributed by atoms with Gasteiger partial charge in [0.2, 0.25) is 5.91 Å². The number of anilines is 1. The van der Waals surface area contributed by atoms with Gasteiger partial charge in [-0.25, -0.2) is 4.79 Å². The highest BCUT2D eigenvalue weighted by molar-refractivity contribution is 9.10. The highest BCUT2D eigenvalue weighted by Crippen LogP contribution is 2.19. The fourth-order valence-electron chi connectivity index (χ4n) is 2.98. The van der Waals surface area contributed by atoms with Crippen molar-refractivity contribution in [1.29, 1.82) is 0 Å². The molecule has 0 aliphatic carbocycles. The van der Waals surface area contributed by atoms with Gasteiger partial charge in [0, 0.05) is 43.3 Å². The van der Waals surface area contributed by atoms with Gasteiger partial charge in [0.1, 0.15) is 0 Å². The molecule has 5 nitrogen and oxygen atoms in total. The van der Waals surface area contributed by atoms with E-state index in [-0.39, 0.29) is 11.9 Å². The number of benzene rings is 2. The van der Waals surface area contributed by atoms with Gasteiger partial charge in [-0.1, -0.05) is 40.2 Å². The quantitative estimate of drug-likeness (QED) is 0.823. The monoisotopic (exact) mass is 415 g/mol. The van der Waals surface area contributed by atoms with E-state index in [2.05, 4.69) is 33.4 Å². The van der Waals surface area contributed by atoms with Crippen LogP contribution in [0, 0.1) is 0 Å². The number of fused-ring (bicyclic) bond motifs is 1. The molecule has 26 heavy (non-hydrogen) atoms. The first-order valence-corrected chi connectivity index (χ1v) is 9.44. The number of amides is 3. The van der Waals surface area contributed by atoms with E-state index in [1.54, 1.807) is 7.05 Å². The van der Waals surface area contributed by atoms with Crippen molar-refractivity contribution in [3.05, 3.63) is 64.1 Å². The predicted molar refractivity (Wildman–Crippen MR) is 106 cm³/mol. The number of hydrogen-bond acceptors (Lipinski definition) is 2. The van der Waals surface area contributed by atoms with Gasteiger partial charge in [-0.2, -0.15) is 0 Å². The summed E-state index contributed by atoms with van der Waals surface area (Å²) >= 11 is 3.36. The van der Waals surface area contributed by atoms with Gasteiger partial charge in [-0.3, -0.25) is 4.79 Å². The van der Waals surface area contributed by atoms with Gasteiger partial charge in [0.15, 0.2) is 0 Å². The zero-order valence-electron chi connectivity index (χ0n) is 14.7. The van der Waals surface area contributed by atoms with Crippen LogP contribution in [0.2, 0.25) is 0 Å². The molecule has 0 spiro atoms. The summed E-state index contributed by atoms with van der Waals surface area (Å²) in [5.41, 5.74) is 3.26. The van der Waals surface area contributed by atoms with Crippen molar-refractivity contribution in [3.8, 4) is 0 Å². The van der Waals surface area contributed by atoms with Crippen molar-refractivity contribution in [1.82, 2.24) is 9.80 Å². The molecule has 0 atom stereocenters. The molecule has 6 heteroatoms. The van der Waals surface area contributed by atoms with Crippen LogP contribution in [0.3, 0.4) is 0 Å². The lowest BCUT2D eigenvalue weighted by Gasteiger charge is -2.29. The van der Waals surface area contributed by atoms with Crippen LogP contribution in [0.25, 0.3) is 0 Å². The van der Waals surface area contributed by atoms with Crippen LogP contribution in [-0.2, 0) is 17.8 Å². The summed E-state index contributed by atoms with van der Waals surface area (Å²) < 4.78 is 0.956. The van der Waals surface area contributed by atoms with E-state index in [4.69, 9.17) is 0 Å². The Hall–Kier alpha value is -2.34. The lowest BCUT2D eigenvalue weighted by atomic mass is 10.00. The standard InChI is InChI=1S/C20H22BrN3O2/c1-23(20(26)22-18-8-6-17(21)7-9-18)12-11-19(25)24-13-10-15-4-2-3-5-16(15)14-24/h2-9H,10-14H2,1H3,(H,22,26). The molecule has 1 aliphatic rings. The number of halogens is 1. The largest absolute Gasteiger partial charge is 0.338 e. The Morgan fingerprint density at radius 3 is 2.54 bits per heavy atom. The van der Waals surface area contributed by atoms with E-state index < -0.39 is 0 Å². The topological polar surface area (TPSA) is 52.7 Å². The van der Waals surface area contributed by atoms with Crippen molar-refractivity contribution in [3.63, 3.8) is 0 Å². The van der Waals surface area contributed by atoms with Crippen LogP contribution in [0.1, 0.15) is 17.5 Å². The van der Waals surface area contributed by atoms with Gasteiger partial charge in [0.25, 0.3) is 0 Å². The predicted octanol–water partition coefficient (Wildman–Crippen LogP) is 3.89. The SMILES string of the molecule is CN(CCC(=O)N1CCc2ccccc2C1)C(=O)Nc1ccc(Br)cc1.